The van der Waals surface area contributed by atoms with Gasteiger partial charge in [0.25, 0.3) is 11.6 Å². The zero-order chi connectivity index (χ0) is 17.3. The van der Waals surface area contributed by atoms with Crippen molar-refractivity contribution in [2.75, 3.05) is 0 Å². The fraction of sp³-hybridized carbons (Fsp3) is 0.250. The number of aryl methyl sites for hydroxylation is 2. The van der Waals surface area contributed by atoms with Crippen molar-refractivity contribution >= 4 is 17.8 Å². The molecular formula is C16H15N3O5. The Labute approximate surface area is 137 Å². The normalized spacial score (nSPS) is 19.9. The Hall–Kier alpha value is -3.16. The lowest BCUT2D eigenvalue weighted by molar-refractivity contribution is -0.160. The van der Waals surface area contributed by atoms with Crippen molar-refractivity contribution in [1.82, 2.24) is 10.3 Å². The molecule has 1 fully saturated rings. The average molecular weight is 329 g/mol. The summed E-state index contributed by atoms with van der Waals surface area (Å²) in [5, 5.41) is 2.20. The van der Waals surface area contributed by atoms with Crippen LogP contribution in [-0.2, 0) is 25.5 Å². The average Bonchev–Trinajstić information content (AvgIpc) is 3.07. The van der Waals surface area contributed by atoms with Crippen LogP contribution in [0.25, 0.3) is 11.5 Å². The molecule has 3 N–H and O–H groups in total. The van der Waals surface area contributed by atoms with E-state index in [0.717, 1.165) is 5.56 Å². The molecule has 24 heavy (non-hydrogen) atoms. The highest BCUT2D eigenvalue weighted by Gasteiger charge is 2.50. The molecule has 2 aromatic rings. The van der Waals surface area contributed by atoms with Crippen molar-refractivity contribution in [2.45, 2.75) is 25.5 Å². The van der Waals surface area contributed by atoms with E-state index in [4.69, 9.17) is 14.9 Å². The first-order chi connectivity index (χ1) is 11.4. The number of rotatable bonds is 5. The van der Waals surface area contributed by atoms with Crippen molar-refractivity contribution < 1.29 is 23.5 Å². The molecule has 3 rings (SSSR count). The Balaban J connectivity index is 1.79. The van der Waals surface area contributed by atoms with Gasteiger partial charge < -0.3 is 20.2 Å². The number of aromatic nitrogens is 1. The number of hydrogen-bond donors (Lipinski definition) is 2. The van der Waals surface area contributed by atoms with E-state index in [2.05, 4.69) is 10.3 Å². The van der Waals surface area contributed by atoms with Gasteiger partial charge in [-0.25, -0.2) is 9.78 Å². The van der Waals surface area contributed by atoms with Crippen LogP contribution < -0.4 is 11.1 Å². The minimum absolute atomic E-state index is 0.0376. The maximum Gasteiger partial charge on any atom is 0.399 e. The predicted octanol–water partition coefficient (Wildman–Crippen LogP) is 0.437. The molecular weight excluding hydrogens is 314 g/mol. The molecule has 2 amide bonds. The summed E-state index contributed by atoms with van der Waals surface area (Å²) in [6.45, 7) is 1.77. The molecule has 2 heterocycles. The molecule has 0 saturated carbocycles. The number of amides is 2. The first-order valence-electron chi connectivity index (χ1n) is 7.28. The lowest BCUT2D eigenvalue weighted by atomic mass is 10.1. The number of carbonyl (C=O) groups is 3. The third-order valence-corrected chi connectivity index (χ3v) is 3.78. The van der Waals surface area contributed by atoms with Crippen molar-refractivity contribution in [3.63, 3.8) is 0 Å². The van der Waals surface area contributed by atoms with E-state index in [1.54, 1.807) is 6.92 Å². The summed E-state index contributed by atoms with van der Waals surface area (Å²) >= 11 is 0. The third-order valence-electron chi connectivity index (χ3n) is 3.78. The number of benzene rings is 1. The van der Waals surface area contributed by atoms with Crippen LogP contribution in [0.3, 0.4) is 0 Å². The third kappa shape index (κ3) is 2.73. The number of hydrogen-bond acceptors (Lipinski definition) is 6. The maximum atomic E-state index is 11.6. The minimum atomic E-state index is -1.85. The van der Waals surface area contributed by atoms with Crippen LogP contribution in [0.5, 0.6) is 0 Å². The van der Waals surface area contributed by atoms with E-state index in [1.807, 2.05) is 30.3 Å². The summed E-state index contributed by atoms with van der Waals surface area (Å²) < 4.78 is 10.6. The zero-order valence-corrected chi connectivity index (χ0v) is 12.9. The van der Waals surface area contributed by atoms with Gasteiger partial charge in [-0.15, -0.1) is 0 Å². The number of carbonyl (C=O) groups excluding carboxylic acids is 3. The standard InChI is InChI=1S/C16H15N3O5/c1-9-11(23-13(18-9)10-5-3-2-4-6-10)7-8-16(15(17)22)19-12(20)14(21)24-16/h2-6H,7-8H2,1H3,(H2,17,22)(H,19,20). The molecule has 0 radical (unpaired) electrons. The SMILES string of the molecule is Cc1nc(-c2ccccc2)oc1CCC1(C(N)=O)NC(=O)C(=O)O1. The van der Waals surface area contributed by atoms with Crippen LogP contribution >= 0.6 is 0 Å². The second kappa shape index (κ2) is 5.80. The van der Waals surface area contributed by atoms with Crippen molar-refractivity contribution in [1.29, 1.82) is 0 Å². The number of nitrogens with zero attached hydrogens (tertiary/aromatic N) is 1. The molecule has 1 atom stereocenters. The Morgan fingerprint density at radius 1 is 1.29 bits per heavy atom. The number of cyclic esters (lactones) is 1. The van der Waals surface area contributed by atoms with Gasteiger partial charge in [0.15, 0.2) is 0 Å². The first-order valence-corrected chi connectivity index (χ1v) is 7.28. The largest absolute Gasteiger partial charge is 0.441 e. The first kappa shape index (κ1) is 15.7. The summed E-state index contributed by atoms with van der Waals surface area (Å²) in [6, 6.07) is 9.33. The van der Waals surface area contributed by atoms with Gasteiger partial charge in [0.05, 0.1) is 5.69 Å². The van der Waals surface area contributed by atoms with Gasteiger partial charge in [-0.2, -0.15) is 0 Å². The summed E-state index contributed by atoms with van der Waals surface area (Å²) in [5.74, 6) is -2.10. The second-order valence-corrected chi connectivity index (χ2v) is 5.43. The fourth-order valence-electron chi connectivity index (χ4n) is 2.47. The molecule has 1 saturated heterocycles. The maximum absolute atomic E-state index is 11.6. The van der Waals surface area contributed by atoms with Gasteiger partial charge in [-0.3, -0.25) is 9.59 Å². The van der Waals surface area contributed by atoms with Gasteiger partial charge in [-0.05, 0) is 19.1 Å². The van der Waals surface area contributed by atoms with E-state index in [1.165, 1.54) is 0 Å². The van der Waals surface area contributed by atoms with Gasteiger partial charge in [0, 0.05) is 18.4 Å². The molecule has 0 spiro atoms. The highest BCUT2D eigenvalue weighted by Crippen LogP contribution is 2.26. The molecule has 124 valence electrons. The molecule has 1 aromatic heterocycles. The molecule has 1 aliphatic rings. The number of nitrogens with one attached hydrogen (secondary N) is 1. The van der Waals surface area contributed by atoms with E-state index < -0.39 is 23.5 Å². The summed E-state index contributed by atoms with van der Waals surface area (Å²) in [4.78, 5) is 38.6. The molecule has 8 heteroatoms. The van der Waals surface area contributed by atoms with E-state index in [-0.39, 0.29) is 12.8 Å². The van der Waals surface area contributed by atoms with Crippen LogP contribution in [0.1, 0.15) is 17.9 Å². The van der Waals surface area contributed by atoms with Gasteiger partial charge in [0.1, 0.15) is 5.76 Å². The lowest BCUT2D eigenvalue weighted by Crippen LogP contribution is -2.54. The molecule has 1 aliphatic heterocycles. The van der Waals surface area contributed by atoms with Crippen LogP contribution in [0.2, 0.25) is 0 Å². The van der Waals surface area contributed by atoms with E-state index in [9.17, 15) is 14.4 Å². The van der Waals surface area contributed by atoms with Crippen molar-refractivity contribution in [3.05, 3.63) is 41.8 Å². The molecule has 0 bridgehead atoms. The van der Waals surface area contributed by atoms with Gasteiger partial charge in [-0.1, -0.05) is 18.2 Å². The van der Waals surface area contributed by atoms with E-state index in [0.29, 0.717) is 17.3 Å². The van der Waals surface area contributed by atoms with Crippen LogP contribution in [-0.4, -0.2) is 28.5 Å². The van der Waals surface area contributed by atoms with Crippen LogP contribution in [0.15, 0.2) is 34.7 Å². The fourth-order valence-corrected chi connectivity index (χ4v) is 2.47. The topological polar surface area (TPSA) is 125 Å². The smallest absolute Gasteiger partial charge is 0.399 e. The van der Waals surface area contributed by atoms with Crippen LogP contribution in [0.4, 0.5) is 0 Å². The molecule has 0 aliphatic carbocycles. The monoisotopic (exact) mass is 329 g/mol. The minimum Gasteiger partial charge on any atom is -0.441 e. The Morgan fingerprint density at radius 3 is 2.58 bits per heavy atom. The zero-order valence-electron chi connectivity index (χ0n) is 12.9. The van der Waals surface area contributed by atoms with Crippen molar-refractivity contribution in [2.24, 2.45) is 5.73 Å². The number of ether oxygens (including phenoxy) is 1. The Morgan fingerprint density at radius 2 is 2.00 bits per heavy atom. The summed E-state index contributed by atoms with van der Waals surface area (Å²) in [6.07, 6.45) is 0.173. The molecule has 1 aromatic carbocycles. The number of nitrogens with two attached hydrogens (primary N) is 1. The van der Waals surface area contributed by atoms with Crippen LogP contribution in [0, 0.1) is 6.92 Å². The predicted molar refractivity (Wildman–Crippen MR) is 81.2 cm³/mol. The van der Waals surface area contributed by atoms with Gasteiger partial charge in [0.2, 0.25) is 5.89 Å². The van der Waals surface area contributed by atoms with Crippen molar-refractivity contribution in [3.8, 4) is 11.5 Å². The number of esters is 1. The summed E-state index contributed by atoms with van der Waals surface area (Å²) in [5.41, 5.74) is 4.89. The lowest BCUT2D eigenvalue weighted by Gasteiger charge is -2.22. The molecule has 1 unspecified atom stereocenters. The highest BCUT2D eigenvalue weighted by atomic mass is 16.6. The quantitative estimate of drug-likeness (QED) is 0.605. The Kier molecular flexibility index (Phi) is 3.80. The molecule has 8 nitrogen and oxygen atoms in total. The second-order valence-electron chi connectivity index (χ2n) is 5.43. The highest BCUT2D eigenvalue weighted by molar-refractivity contribution is 6.35. The number of primary amides is 1. The summed E-state index contributed by atoms with van der Waals surface area (Å²) in [7, 11) is 0. The number of oxazole rings is 1. The van der Waals surface area contributed by atoms with Gasteiger partial charge >= 0.3 is 11.9 Å². The van der Waals surface area contributed by atoms with E-state index >= 15 is 0 Å². The Bertz CT molecular complexity index is 796.